The molecule has 7 heteroatoms. The largest absolute Gasteiger partial charge is 0.342 e. The van der Waals surface area contributed by atoms with Gasteiger partial charge in [-0.25, -0.2) is 0 Å². The van der Waals surface area contributed by atoms with E-state index in [0.29, 0.717) is 12.5 Å². The molecule has 6 nitrogen and oxygen atoms in total. The van der Waals surface area contributed by atoms with E-state index in [1.165, 1.54) is 5.56 Å². The highest BCUT2D eigenvalue weighted by atomic mass is 32.1. The molecular weight excluding hydrogens is 396 g/mol. The predicted molar refractivity (Wildman–Crippen MR) is 120 cm³/mol. The number of rotatable bonds is 5. The van der Waals surface area contributed by atoms with Gasteiger partial charge in [0.2, 0.25) is 11.8 Å². The summed E-state index contributed by atoms with van der Waals surface area (Å²) in [4.78, 5) is 34.4. The van der Waals surface area contributed by atoms with E-state index in [2.05, 4.69) is 38.4 Å². The summed E-state index contributed by atoms with van der Waals surface area (Å²) in [5.41, 5.74) is 1.37. The van der Waals surface area contributed by atoms with Gasteiger partial charge in [-0.3, -0.25) is 19.4 Å². The van der Waals surface area contributed by atoms with E-state index in [1.807, 2.05) is 4.90 Å². The molecule has 0 spiro atoms. The molecule has 4 rings (SSSR count). The molecule has 3 aliphatic rings. The summed E-state index contributed by atoms with van der Waals surface area (Å²) in [6.45, 7) is 10.9. The molecule has 166 valence electrons. The van der Waals surface area contributed by atoms with Crippen molar-refractivity contribution < 1.29 is 9.59 Å². The Bertz CT molecular complexity index is 686. The van der Waals surface area contributed by atoms with Crippen LogP contribution in [0.2, 0.25) is 0 Å². The third kappa shape index (κ3) is 5.62. The Labute approximate surface area is 184 Å². The molecule has 0 N–H and O–H groups in total. The molecule has 1 aromatic rings. The lowest BCUT2D eigenvalue weighted by atomic mass is 9.92. The number of thiophene rings is 1. The average Bonchev–Trinajstić information content (AvgIpc) is 3.28. The second-order valence-electron chi connectivity index (χ2n) is 9.35. The lowest BCUT2D eigenvalue weighted by Crippen LogP contribution is -2.52. The summed E-state index contributed by atoms with van der Waals surface area (Å²) in [5.74, 6) is 1.51. The first-order valence-electron chi connectivity index (χ1n) is 11.6. The van der Waals surface area contributed by atoms with Gasteiger partial charge in [-0.05, 0) is 67.1 Å². The second-order valence-corrected chi connectivity index (χ2v) is 10.1. The predicted octanol–water partition coefficient (Wildman–Crippen LogP) is 2.36. The lowest BCUT2D eigenvalue weighted by Gasteiger charge is -2.38. The highest BCUT2D eigenvalue weighted by Gasteiger charge is 2.31. The van der Waals surface area contributed by atoms with Crippen LogP contribution in [0.4, 0.5) is 0 Å². The Morgan fingerprint density at radius 1 is 0.900 bits per heavy atom. The Morgan fingerprint density at radius 2 is 1.60 bits per heavy atom. The fraction of sp³-hybridized carbons (Fsp3) is 0.739. The third-order valence-electron chi connectivity index (χ3n) is 7.10. The Kier molecular flexibility index (Phi) is 7.44. The number of hydrogen-bond donors (Lipinski definition) is 0. The highest BCUT2D eigenvalue weighted by Crippen LogP contribution is 2.23. The van der Waals surface area contributed by atoms with Gasteiger partial charge in [0, 0.05) is 51.7 Å². The van der Waals surface area contributed by atoms with Crippen molar-refractivity contribution in [2.24, 2.45) is 11.8 Å². The van der Waals surface area contributed by atoms with Gasteiger partial charge >= 0.3 is 0 Å². The molecule has 0 bridgehead atoms. The molecular formula is C23H36N4O2S. The van der Waals surface area contributed by atoms with E-state index in [9.17, 15) is 9.59 Å². The van der Waals surface area contributed by atoms with Crippen LogP contribution in [0.25, 0.3) is 0 Å². The van der Waals surface area contributed by atoms with Crippen molar-refractivity contribution in [3.05, 3.63) is 22.4 Å². The maximum Gasteiger partial charge on any atom is 0.236 e. The first kappa shape index (κ1) is 21.8. The van der Waals surface area contributed by atoms with E-state index in [4.69, 9.17) is 0 Å². The summed E-state index contributed by atoms with van der Waals surface area (Å²) in [7, 11) is 0. The molecule has 0 aromatic carbocycles. The average molecular weight is 433 g/mol. The van der Waals surface area contributed by atoms with Crippen molar-refractivity contribution in [1.82, 2.24) is 19.6 Å². The minimum absolute atomic E-state index is 0.158. The Morgan fingerprint density at radius 3 is 2.23 bits per heavy atom. The van der Waals surface area contributed by atoms with Crippen molar-refractivity contribution in [3.8, 4) is 0 Å². The number of carbonyl (C=O) groups is 2. The Hall–Kier alpha value is -1.44. The maximum absolute atomic E-state index is 12.8. The summed E-state index contributed by atoms with van der Waals surface area (Å²) >= 11 is 1.74. The van der Waals surface area contributed by atoms with E-state index in [0.717, 1.165) is 90.5 Å². The van der Waals surface area contributed by atoms with Crippen molar-refractivity contribution >= 4 is 23.2 Å². The Balaban J connectivity index is 1.15. The van der Waals surface area contributed by atoms with Crippen LogP contribution in [0.3, 0.4) is 0 Å². The number of hydrogen-bond acceptors (Lipinski definition) is 5. The monoisotopic (exact) mass is 432 g/mol. The molecule has 4 heterocycles. The van der Waals surface area contributed by atoms with Gasteiger partial charge in [0.25, 0.3) is 0 Å². The smallest absolute Gasteiger partial charge is 0.236 e. The molecule has 3 fully saturated rings. The number of amides is 2. The van der Waals surface area contributed by atoms with E-state index >= 15 is 0 Å². The first-order valence-corrected chi connectivity index (χ1v) is 12.5. The van der Waals surface area contributed by atoms with Crippen molar-refractivity contribution in [1.29, 1.82) is 0 Å². The SMILES string of the molecule is CC1CCN(C(=O)C2CCN(CC(=O)N3CCN(Cc4ccsc4)CC3)CC2)CC1. The highest BCUT2D eigenvalue weighted by molar-refractivity contribution is 7.07. The molecule has 0 aliphatic carbocycles. The van der Waals surface area contributed by atoms with E-state index in [-0.39, 0.29) is 11.8 Å². The molecule has 0 unspecified atom stereocenters. The fourth-order valence-electron chi connectivity index (χ4n) is 4.91. The van der Waals surface area contributed by atoms with Crippen LogP contribution in [0, 0.1) is 11.8 Å². The van der Waals surface area contributed by atoms with E-state index in [1.54, 1.807) is 11.3 Å². The quantitative estimate of drug-likeness (QED) is 0.717. The minimum atomic E-state index is 0.158. The van der Waals surface area contributed by atoms with Crippen LogP contribution >= 0.6 is 11.3 Å². The third-order valence-corrected chi connectivity index (χ3v) is 7.83. The van der Waals surface area contributed by atoms with Crippen LogP contribution in [-0.2, 0) is 16.1 Å². The standard InChI is InChI=1S/C23H36N4O2S/c1-19-2-9-27(10-3-19)23(29)21-4-7-24(8-5-21)17-22(28)26-13-11-25(12-14-26)16-20-6-15-30-18-20/h6,15,18-19,21H,2-5,7-14,16-17H2,1H3. The van der Waals surface area contributed by atoms with Gasteiger partial charge < -0.3 is 9.80 Å². The number of likely N-dealkylation sites (tertiary alicyclic amines) is 2. The van der Waals surface area contributed by atoms with Gasteiger partial charge in [-0.15, -0.1) is 0 Å². The van der Waals surface area contributed by atoms with Gasteiger partial charge in [0.15, 0.2) is 0 Å². The topological polar surface area (TPSA) is 47.1 Å². The van der Waals surface area contributed by atoms with Crippen LogP contribution < -0.4 is 0 Å². The zero-order valence-corrected chi connectivity index (χ0v) is 19.1. The zero-order chi connectivity index (χ0) is 20.9. The minimum Gasteiger partial charge on any atom is -0.342 e. The molecule has 30 heavy (non-hydrogen) atoms. The molecule has 2 amide bonds. The summed E-state index contributed by atoms with van der Waals surface area (Å²) in [6, 6.07) is 2.18. The zero-order valence-electron chi connectivity index (χ0n) is 18.3. The summed E-state index contributed by atoms with van der Waals surface area (Å²) in [5, 5.41) is 4.33. The van der Waals surface area contributed by atoms with Crippen molar-refractivity contribution in [3.63, 3.8) is 0 Å². The van der Waals surface area contributed by atoms with Crippen LogP contribution in [0.1, 0.15) is 38.2 Å². The molecule has 0 saturated carbocycles. The van der Waals surface area contributed by atoms with Gasteiger partial charge in [-0.1, -0.05) is 6.92 Å². The van der Waals surface area contributed by atoms with Crippen LogP contribution in [0.5, 0.6) is 0 Å². The fourth-order valence-corrected chi connectivity index (χ4v) is 5.57. The molecule has 3 saturated heterocycles. The van der Waals surface area contributed by atoms with Crippen molar-refractivity contribution in [2.45, 2.75) is 39.2 Å². The van der Waals surface area contributed by atoms with Crippen LogP contribution in [0.15, 0.2) is 16.8 Å². The van der Waals surface area contributed by atoms with E-state index < -0.39 is 0 Å². The lowest BCUT2D eigenvalue weighted by molar-refractivity contribution is -0.139. The van der Waals surface area contributed by atoms with Gasteiger partial charge in [0.05, 0.1) is 6.54 Å². The molecule has 1 aromatic heterocycles. The summed E-state index contributed by atoms with van der Waals surface area (Å²) < 4.78 is 0. The number of piperidine rings is 2. The molecule has 3 aliphatic heterocycles. The number of nitrogens with zero attached hydrogens (tertiary/aromatic N) is 4. The maximum atomic E-state index is 12.8. The number of carbonyl (C=O) groups excluding carboxylic acids is 2. The number of piperazine rings is 1. The summed E-state index contributed by atoms with van der Waals surface area (Å²) in [6.07, 6.45) is 4.07. The second kappa shape index (κ2) is 10.2. The van der Waals surface area contributed by atoms with Gasteiger partial charge in [-0.2, -0.15) is 11.3 Å². The molecule has 0 radical (unpaired) electrons. The first-order chi connectivity index (χ1) is 14.6. The van der Waals surface area contributed by atoms with Gasteiger partial charge in [0.1, 0.15) is 0 Å². The normalized spacial score (nSPS) is 23.1. The molecule has 0 atom stereocenters. The van der Waals surface area contributed by atoms with Crippen LogP contribution in [-0.4, -0.2) is 90.3 Å². The van der Waals surface area contributed by atoms with Crippen molar-refractivity contribution in [2.75, 3.05) is 58.9 Å².